The molecule has 118 valence electrons. The number of sulfone groups is 1. The fourth-order valence-corrected chi connectivity index (χ4v) is 2.77. The second kappa shape index (κ2) is 8.17. The first-order valence-electron chi connectivity index (χ1n) is 7.45. The highest BCUT2D eigenvalue weighted by atomic mass is 32.2. The summed E-state index contributed by atoms with van der Waals surface area (Å²) >= 11 is 0. The summed E-state index contributed by atoms with van der Waals surface area (Å²) in [5.41, 5.74) is 1.96. The number of carbonyl (C=O) groups excluding carboxylic acids is 1. The summed E-state index contributed by atoms with van der Waals surface area (Å²) in [4.78, 5) is 11.8. The molecule has 1 aromatic rings. The molecular weight excluding hydrogens is 286 g/mol. The summed E-state index contributed by atoms with van der Waals surface area (Å²) in [6.07, 6.45) is 3.34. The van der Waals surface area contributed by atoms with Crippen LogP contribution in [0.4, 0.5) is 5.69 Å². The Morgan fingerprint density at radius 3 is 2.33 bits per heavy atom. The number of anilines is 1. The Balaban J connectivity index is 2.48. The predicted octanol–water partition coefficient (Wildman–Crippen LogP) is 3.18. The van der Waals surface area contributed by atoms with E-state index in [9.17, 15) is 13.2 Å². The molecule has 0 bridgehead atoms. The van der Waals surface area contributed by atoms with E-state index in [-0.39, 0.29) is 18.1 Å². The van der Waals surface area contributed by atoms with Crippen molar-refractivity contribution in [3.8, 4) is 0 Å². The number of amides is 1. The van der Waals surface area contributed by atoms with Crippen LogP contribution in [0.1, 0.15) is 45.6 Å². The lowest BCUT2D eigenvalue weighted by Crippen LogP contribution is -2.22. The van der Waals surface area contributed by atoms with Crippen molar-refractivity contribution in [2.75, 3.05) is 11.1 Å². The molecule has 0 saturated carbocycles. The maximum Gasteiger partial charge on any atom is 0.225 e. The maximum absolute atomic E-state index is 11.8. The first kappa shape index (κ1) is 17.7. The average molecular weight is 311 g/mol. The molecule has 0 aromatic heterocycles. The van der Waals surface area contributed by atoms with E-state index in [0.717, 1.165) is 19.3 Å². The number of aryl methyl sites for hydroxylation is 1. The number of hydrogen-bond donors (Lipinski definition) is 1. The lowest BCUT2D eigenvalue weighted by molar-refractivity contribution is -0.115. The molecule has 0 saturated heterocycles. The van der Waals surface area contributed by atoms with Gasteiger partial charge in [-0.2, -0.15) is 0 Å². The zero-order valence-corrected chi connectivity index (χ0v) is 13.9. The monoisotopic (exact) mass is 311 g/mol. The molecule has 0 aliphatic rings. The van der Waals surface area contributed by atoms with Gasteiger partial charge in [-0.05, 0) is 44.4 Å². The van der Waals surface area contributed by atoms with E-state index in [2.05, 4.69) is 12.2 Å². The van der Waals surface area contributed by atoms with Gasteiger partial charge in [0.15, 0.2) is 9.84 Å². The van der Waals surface area contributed by atoms with Gasteiger partial charge in [-0.1, -0.05) is 25.5 Å². The molecule has 1 rings (SSSR count). The van der Waals surface area contributed by atoms with Gasteiger partial charge in [-0.25, -0.2) is 8.42 Å². The standard InChI is InChI=1S/C16H25NO3S/c1-4-5-6-14-7-9-15(10-8-14)17-16(18)11-12-21(19,20)13(2)3/h7-10,13H,4-6,11-12H2,1-3H3,(H,17,18). The highest BCUT2D eigenvalue weighted by molar-refractivity contribution is 7.91. The summed E-state index contributed by atoms with van der Waals surface area (Å²) in [6, 6.07) is 7.71. The second-order valence-electron chi connectivity index (χ2n) is 5.51. The van der Waals surface area contributed by atoms with Gasteiger partial charge in [0, 0.05) is 12.1 Å². The average Bonchev–Trinajstić information content (AvgIpc) is 2.44. The lowest BCUT2D eigenvalue weighted by Gasteiger charge is -2.09. The molecule has 21 heavy (non-hydrogen) atoms. The lowest BCUT2D eigenvalue weighted by atomic mass is 10.1. The molecule has 1 N–H and O–H groups in total. The fraction of sp³-hybridized carbons (Fsp3) is 0.562. The highest BCUT2D eigenvalue weighted by Crippen LogP contribution is 2.12. The quantitative estimate of drug-likeness (QED) is 0.802. The van der Waals surface area contributed by atoms with E-state index in [4.69, 9.17) is 0 Å². The largest absolute Gasteiger partial charge is 0.326 e. The van der Waals surface area contributed by atoms with Crippen LogP contribution in [0.3, 0.4) is 0 Å². The van der Waals surface area contributed by atoms with Crippen molar-refractivity contribution in [3.63, 3.8) is 0 Å². The van der Waals surface area contributed by atoms with Gasteiger partial charge in [0.1, 0.15) is 0 Å². The van der Waals surface area contributed by atoms with Crippen LogP contribution in [0.2, 0.25) is 0 Å². The van der Waals surface area contributed by atoms with E-state index >= 15 is 0 Å². The number of rotatable bonds is 8. The molecule has 0 heterocycles. The van der Waals surface area contributed by atoms with Gasteiger partial charge >= 0.3 is 0 Å². The fourth-order valence-electron chi connectivity index (χ4n) is 1.83. The van der Waals surface area contributed by atoms with Crippen LogP contribution in [0.5, 0.6) is 0 Å². The number of unbranched alkanes of at least 4 members (excludes halogenated alkanes) is 1. The van der Waals surface area contributed by atoms with Crippen LogP contribution in [0.25, 0.3) is 0 Å². The second-order valence-corrected chi connectivity index (χ2v) is 8.19. The topological polar surface area (TPSA) is 63.2 Å². The summed E-state index contributed by atoms with van der Waals surface area (Å²) in [5.74, 6) is -0.369. The van der Waals surface area contributed by atoms with Crippen molar-refractivity contribution in [3.05, 3.63) is 29.8 Å². The third-order valence-electron chi connectivity index (χ3n) is 3.39. The Hall–Kier alpha value is -1.36. The SMILES string of the molecule is CCCCc1ccc(NC(=O)CCS(=O)(=O)C(C)C)cc1. The molecule has 4 nitrogen and oxygen atoms in total. The van der Waals surface area contributed by atoms with Crippen molar-refractivity contribution in [2.24, 2.45) is 0 Å². The van der Waals surface area contributed by atoms with Crippen molar-refractivity contribution in [1.29, 1.82) is 0 Å². The normalized spacial score (nSPS) is 11.6. The summed E-state index contributed by atoms with van der Waals surface area (Å²) in [5, 5.41) is 2.29. The molecule has 0 fully saturated rings. The van der Waals surface area contributed by atoms with Crippen LogP contribution in [-0.2, 0) is 21.1 Å². The molecule has 1 amide bonds. The Morgan fingerprint density at radius 1 is 1.19 bits per heavy atom. The number of nitrogens with one attached hydrogen (secondary N) is 1. The Kier molecular flexibility index (Phi) is 6.89. The zero-order valence-electron chi connectivity index (χ0n) is 13.1. The highest BCUT2D eigenvalue weighted by Gasteiger charge is 2.17. The first-order chi connectivity index (χ1) is 9.85. The maximum atomic E-state index is 11.8. The number of benzene rings is 1. The summed E-state index contributed by atoms with van der Waals surface area (Å²) < 4.78 is 23.3. The molecule has 1 aromatic carbocycles. The molecule has 0 radical (unpaired) electrons. The van der Waals surface area contributed by atoms with Crippen molar-refractivity contribution in [1.82, 2.24) is 0 Å². The van der Waals surface area contributed by atoms with Gasteiger partial charge in [0.05, 0.1) is 11.0 Å². The van der Waals surface area contributed by atoms with Crippen LogP contribution < -0.4 is 5.32 Å². The molecule has 5 heteroatoms. The third-order valence-corrected chi connectivity index (χ3v) is 5.60. The molecule has 0 atom stereocenters. The predicted molar refractivity (Wildman–Crippen MR) is 87.2 cm³/mol. The minimum Gasteiger partial charge on any atom is -0.326 e. The molecule has 0 aliphatic heterocycles. The van der Waals surface area contributed by atoms with Gasteiger partial charge < -0.3 is 5.32 Å². The Bertz CT molecular complexity index is 547. The Labute approximate surface area is 127 Å². The van der Waals surface area contributed by atoms with E-state index < -0.39 is 15.1 Å². The van der Waals surface area contributed by atoms with E-state index in [0.29, 0.717) is 5.69 Å². The van der Waals surface area contributed by atoms with Crippen molar-refractivity contribution >= 4 is 21.4 Å². The van der Waals surface area contributed by atoms with E-state index in [1.807, 2.05) is 24.3 Å². The molecule has 0 spiro atoms. The third kappa shape index (κ3) is 6.29. The van der Waals surface area contributed by atoms with Crippen molar-refractivity contribution in [2.45, 2.75) is 51.7 Å². The van der Waals surface area contributed by atoms with E-state index in [1.54, 1.807) is 13.8 Å². The number of carbonyl (C=O) groups is 1. The minimum absolute atomic E-state index is 0.00189. The molecule has 0 aliphatic carbocycles. The molecule has 0 unspecified atom stereocenters. The van der Waals surface area contributed by atoms with Crippen LogP contribution >= 0.6 is 0 Å². The summed E-state index contributed by atoms with van der Waals surface area (Å²) in [6.45, 7) is 5.41. The van der Waals surface area contributed by atoms with Gasteiger partial charge in [-0.15, -0.1) is 0 Å². The smallest absolute Gasteiger partial charge is 0.225 e. The first-order valence-corrected chi connectivity index (χ1v) is 9.17. The van der Waals surface area contributed by atoms with Gasteiger partial charge in [0.25, 0.3) is 0 Å². The number of hydrogen-bond acceptors (Lipinski definition) is 3. The minimum atomic E-state index is -3.16. The van der Waals surface area contributed by atoms with E-state index in [1.165, 1.54) is 5.56 Å². The van der Waals surface area contributed by atoms with Crippen molar-refractivity contribution < 1.29 is 13.2 Å². The van der Waals surface area contributed by atoms with Gasteiger partial charge in [0.2, 0.25) is 5.91 Å². The molecular formula is C16H25NO3S. The van der Waals surface area contributed by atoms with Gasteiger partial charge in [-0.3, -0.25) is 4.79 Å². The Morgan fingerprint density at radius 2 is 1.81 bits per heavy atom. The van der Waals surface area contributed by atoms with Crippen LogP contribution in [0, 0.1) is 0 Å². The summed E-state index contributed by atoms with van der Waals surface area (Å²) in [7, 11) is -3.16. The van der Waals surface area contributed by atoms with Crippen LogP contribution in [-0.4, -0.2) is 25.3 Å². The van der Waals surface area contributed by atoms with Crippen LogP contribution in [0.15, 0.2) is 24.3 Å². The zero-order chi connectivity index (χ0) is 15.9.